The number of aryl methyl sites for hydroxylation is 1. The van der Waals surface area contributed by atoms with Crippen molar-refractivity contribution < 1.29 is 50.7 Å². The number of carboxylic acid groups (broad SMARTS) is 1. The van der Waals surface area contributed by atoms with Gasteiger partial charge in [0.05, 0.1) is 12.6 Å². The maximum Gasteiger partial charge on any atom is 0.418 e. The number of aliphatic carboxylic acids is 1. The van der Waals surface area contributed by atoms with Crippen LogP contribution < -0.4 is 20.2 Å². The molecule has 3 aromatic heterocycles. The van der Waals surface area contributed by atoms with Gasteiger partial charge in [0, 0.05) is 31.0 Å². The summed E-state index contributed by atoms with van der Waals surface area (Å²) in [4.78, 5) is 49.3. The lowest BCUT2D eigenvalue weighted by Gasteiger charge is -2.50. The van der Waals surface area contributed by atoms with Gasteiger partial charge in [0.15, 0.2) is 16.6 Å². The van der Waals surface area contributed by atoms with Crippen molar-refractivity contribution in [2.75, 3.05) is 32.5 Å². The standard InChI is InChI=1S/C26H32N8O10S2/c1-26(2)21(23(36)34(26)44-46(39,40)41)29-22(35)20(17-13-45-25(27)28-17)30-43-18(24(37)38)12-42-16-5-6-19-32(4)15(10-33(19)11-16)7-14-8-31(3)9-14/h5-6,10-11,13-14,18,21H,7-9,12H2,1-4H3,(H4-,27,28,29,35,37,38,39,40,41)/p+1/b30-20-. The van der Waals surface area contributed by atoms with Crippen molar-refractivity contribution in [2.45, 2.75) is 38.0 Å². The largest absolute Gasteiger partial charge is 0.485 e. The number of nitrogen functional groups attached to an aromatic ring is 1. The SMILES string of the molecule is CN1CC(Cc2c[n+]3cc(OCC(O/N=C(\C(=O)NC4C(=O)N(OS(=O)(=O)O)C4(C)C)c4csc(N)n4)C(=O)O)ccc3n2C)C1. The highest BCUT2D eigenvalue weighted by Gasteiger charge is 2.58. The minimum atomic E-state index is -5.01. The first-order chi connectivity index (χ1) is 21.5. The number of thiazole rings is 1. The second kappa shape index (κ2) is 12.4. The third-order valence-electron chi connectivity index (χ3n) is 7.68. The number of hydroxylamine groups is 2. The van der Waals surface area contributed by atoms with Crippen LogP contribution in [-0.4, -0.2) is 106 Å². The molecule has 0 radical (unpaired) electrons. The first-order valence-electron chi connectivity index (χ1n) is 13.8. The van der Waals surface area contributed by atoms with Crippen molar-refractivity contribution in [3.63, 3.8) is 0 Å². The minimum absolute atomic E-state index is 0.0679. The number of β-lactam (4-membered cyclic amide) rings is 1. The number of carbonyl (C=O) groups excluding carboxylic acids is 2. The third kappa shape index (κ3) is 6.89. The summed E-state index contributed by atoms with van der Waals surface area (Å²) in [6.07, 6.45) is 2.98. The molecule has 20 heteroatoms. The van der Waals surface area contributed by atoms with Crippen LogP contribution in [0, 0.1) is 5.92 Å². The van der Waals surface area contributed by atoms with Crippen LogP contribution in [0.5, 0.6) is 5.75 Å². The average Bonchev–Trinajstić information content (AvgIpc) is 3.52. The van der Waals surface area contributed by atoms with Crippen molar-refractivity contribution in [2.24, 2.45) is 18.1 Å². The van der Waals surface area contributed by atoms with E-state index in [0.29, 0.717) is 16.7 Å². The van der Waals surface area contributed by atoms with Gasteiger partial charge in [-0.25, -0.2) is 14.3 Å². The highest BCUT2D eigenvalue weighted by Crippen LogP contribution is 2.33. The Bertz CT molecular complexity index is 1820. The van der Waals surface area contributed by atoms with Crippen LogP contribution in [0.2, 0.25) is 0 Å². The van der Waals surface area contributed by atoms with Gasteiger partial charge >= 0.3 is 16.4 Å². The van der Waals surface area contributed by atoms with E-state index in [1.54, 1.807) is 12.3 Å². The average molecular weight is 682 g/mol. The van der Waals surface area contributed by atoms with Crippen molar-refractivity contribution in [1.82, 2.24) is 24.8 Å². The van der Waals surface area contributed by atoms with Gasteiger partial charge in [0.25, 0.3) is 23.6 Å². The fraction of sp³-hybridized carbons (Fsp3) is 0.462. The molecule has 46 heavy (non-hydrogen) atoms. The topological polar surface area (TPSA) is 232 Å². The van der Waals surface area contributed by atoms with Crippen LogP contribution in [0.4, 0.5) is 5.13 Å². The first-order valence-corrected chi connectivity index (χ1v) is 16.1. The lowest BCUT2D eigenvalue weighted by molar-refractivity contribution is -0.511. The number of hydrogen-bond donors (Lipinski definition) is 4. The number of imidazole rings is 1. The molecule has 18 nitrogen and oxygen atoms in total. The fourth-order valence-electron chi connectivity index (χ4n) is 5.25. The molecule has 2 atom stereocenters. The number of hydrogen-bond acceptors (Lipinski definition) is 13. The zero-order valence-electron chi connectivity index (χ0n) is 25.2. The number of aromatic nitrogens is 3. The molecular weight excluding hydrogens is 648 g/mol. The van der Waals surface area contributed by atoms with Crippen LogP contribution in [0.1, 0.15) is 25.2 Å². The number of ether oxygens (including phenoxy) is 1. The Kier molecular flexibility index (Phi) is 8.92. The molecule has 5 heterocycles. The smallest absolute Gasteiger partial charge is 0.418 e. The number of oxime groups is 1. The first kappa shape index (κ1) is 33.0. The molecule has 248 valence electrons. The zero-order chi connectivity index (χ0) is 33.6. The molecule has 5 rings (SSSR count). The summed E-state index contributed by atoms with van der Waals surface area (Å²) in [5.74, 6) is -2.48. The van der Waals surface area contributed by atoms with E-state index in [9.17, 15) is 27.9 Å². The van der Waals surface area contributed by atoms with Crippen molar-refractivity contribution in [3.8, 4) is 5.75 Å². The van der Waals surface area contributed by atoms with E-state index in [1.807, 2.05) is 23.7 Å². The number of likely N-dealkylation sites (tertiary alicyclic amines) is 1. The number of pyridine rings is 1. The summed E-state index contributed by atoms with van der Waals surface area (Å²) >= 11 is 0.969. The molecule has 0 aliphatic carbocycles. The Hall–Kier alpha value is -4.37. The number of amides is 2. The Balaban J connectivity index is 1.28. The van der Waals surface area contributed by atoms with Crippen LogP contribution in [0.3, 0.4) is 0 Å². The van der Waals surface area contributed by atoms with E-state index in [0.717, 1.165) is 42.2 Å². The minimum Gasteiger partial charge on any atom is -0.485 e. The number of rotatable bonds is 13. The highest BCUT2D eigenvalue weighted by molar-refractivity contribution is 7.80. The quantitative estimate of drug-likeness (QED) is 0.0558. The van der Waals surface area contributed by atoms with Gasteiger partial charge < -0.3 is 30.6 Å². The summed E-state index contributed by atoms with van der Waals surface area (Å²) in [6.45, 7) is 4.34. The second-order valence-electron chi connectivity index (χ2n) is 11.6. The van der Waals surface area contributed by atoms with Crippen LogP contribution in [-0.2, 0) is 47.4 Å². The third-order valence-corrected chi connectivity index (χ3v) is 8.69. The summed E-state index contributed by atoms with van der Waals surface area (Å²) in [6, 6.07) is 2.23. The summed E-state index contributed by atoms with van der Waals surface area (Å²) in [5, 5.41) is 17.7. The molecule has 2 unspecified atom stereocenters. The molecule has 5 N–H and O–H groups in total. The normalized spacial score (nSPS) is 19.4. The Morgan fingerprint density at radius 3 is 2.59 bits per heavy atom. The molecule has 0 aromatic carbocycles. The predicted octanol–water partition coefficient (Wildman–Crippen LogP) is -1.00. The predicted molar refractivity (Wildman–Crippen MR) is 160 cm³/mol. The van der Waals surface area contributed by atoms with E-state index in [4.69, 9.17) is 19.9 Å². The van der Waals surface area contributed by atoms with Gasteiger partial charge in [0.2, 0.25) is 0 Å². The monoisotopic (exact) mass is 681 g/mol. The van der Waals surface area contributed by atoms with Gasteiger partial charge in [-0.3, -0.25) is 14.1 Å². The van der Waals surface area contributed by atoms with E-state index < -0.39 is 58.2 Å². The lowest BCUT2D eigenvalue weighted by atomic mass is 9.84. The zero-order valence-corrected chi connectivity index (χ0v) is 26.8. The maximum atomic E-state index is 13.2. The summed E-state index contributed by atoms with van der Waals surface area (Å²) in [7, 11) is -0.947. The Morgan fingerprint density at radius 1 is 1.28 bits per heavy atom. The molecule has 0 bridgehead atoms. The van der Waals surface area contributed by atoms with Crippen LogP contribution >= 0.6 is 11.3 Å². The summed E-state index contributed by atoms with van der Waals surface area (Å²) in [5.41, 5.74) is 5.77. The molecule has 2 amide bonds. The number of fused-ring (bicyclic) bond motifs is 1. The molecule has 2 aliphatic heterocycles. The van der Waals surface area contributed by atoms with E-state index in [-0.39, 0.29) is 10.8 Å². The van der Waals surface area contributed by atoms with Gasteiger partial charge in [0.1, 0.15) is 36.4 Å². The van der Waals surface area contributed by atoms with Crippen molar-refractivity contribution >= 4 is 56.0 Å². The number of nitrogens with two attached hydrogens (primary N) is 1. The van der Waals surface area contributed by atoms with Gasteiger partial charge in [-0.15, -0.1) is 15.6 Å². The number of anilines is 1. The molecule has 0 spiro atoms. The van der Waals surface area contributed by atoms with Crippen molar-refractivity contribution in [3.05, 3.63) is 41.3 Å². The highest BCUT2D eigenvalue weighted by atomic mass is 32.3. The van der Waals surface area contributed by atoms with E-state index in [2.05, 4.69) is 36.3 Å². The van der Waals surface area contributed by atoms with Gasteiger partial charge in [-0.2, -0.15) is 17.9 Å². The lowest BCUT2D eigenvalue weighted by Crippen LogP contribution is -2.76. The van der Waals surface area contributed by atoms with Crippen molar-refractivity contribution in [1.29, 1.82) is 0 Å². The van der Waals surface area contributed by atoms with E-state index >= 15 is 0 Å². The molecular formula is C26H33N8O10S2+. The van der Waals surface area contributed by atoms with E-state index in [1.165, 1.54) is 19.2 Å². The number of carbonyl (C=O) groups is 3. The Labute approximate surface area is 266 Å². The van der Waals surface area contributed by atoms with Crippen LogP contribution in [0.25, 0.3) is 5.65 Å². The molecule has 0 saturated carbocycles. The molecule has 2 aliphatic rings. The molecule has 3 aromatic rings. The van der Waals surface area contributed by atoms with Gasteiger partial charge in [-0.05, 0) is 32.9 Å². The second-order valence-corrected chi connectivity index (χ2v) is 13.4. The number of nitrogens with one attached hydrogen (secondary N) is 1. The fourth-order valence-corrected chi connectivity index (χ4v) is 6.26. The Morgan fingerprint density at radius 2 is 2.00 bits per heavy atom. The summed E-state index contributed by atoms with van der Waals surface area (Å²) < 4.78 is 45.1. The number of carboxylic acids is 1. The van der Waals surface area contributed by atoms with Crippen LogP contribution in [0.15, 0.2) is 35.1 Å². The van der Waals surface area contributed by atoms with Gasteiger partial charge in [-0.1, -0.05) is 5.16 Å². The maximum absolute atomic E-state index is 13.2. The molecule has 2 fully saturated rings. The number of nitrogens with zero attached hydrogens (tertiary/aromatic N) is 6. The molecule has 2 saturated heterocycles.